The van der Waals surface area contributed by atoms with E-state index in [0.717, 1.165) is 40.0 Å². The van der Waals surface area contributed by atoms with Crippen LogP contribution in [0, 0.1) is 0 Å². The molecule has 8 rings (SSSR count). The van der Waals surface area contributed by atoms with Gasteiger partial charge < -0.3 is 47.6 Å². The summed E-state index contributed by atoms with van der Waals surface area (Å²) in [5.74, 6) is 0. The monoisotopic (exact) mass is 1250 g/mol. The van der Waals surface area contributed by atoms with Crippen molar-refractivity contribution < 1.29 is 77.2 Å². The highest BCUT2D eigenvalue weighted by Gasteiger charge is 2.54. The predicted octanol–water partition coefficient (Wildman–Crippen LogP) is 8.00. The molecule has 0 aliphatic carbocycles. The Labute approximate surface area is 483 Å². The second-order valence-corrected chi connectivity index (χ2v) is 42.0. The molecule has 4 fully saturated rings. The van der Waals surface area contributed by atoms with Crippen LogP contribution >= 0.6 is 0 Å². The highest BCUT2D eigenvalue weighted by atomic mass is 32.2. The Morgan fingerprint density at radius 3 is 1.53 bits per heavy atom. The molecule has 0 amide bonds. The first-order valence-corrected chi connectivity index (χ1v) is 39.9. The van der Waals surface area contributed by atoms with Crippen LogP contribution in [0.2, 0.25) is 77.1 Å². The van der Waals surface area contributed by atoms with E-state index in [4.69, 9.17) is 42.6 Å². The van der Waals surface area contributed by atoms with Crippen molar-refractivity contribution >= 4 is 34.3 Å². The standard InChI is InChI=1S/C23H31FN2O6Si.C14H14F4O6S.C10H18N2O3Si.C7H18OSi/c1-33(2,3)12-11-29-15-26-19(27)9-10-25(23(26)28)17-13-30-18-14-31-22(32-21(18)20(17)24)16-7-5-4-6-8-16;15-11-9(24-25(19,20)14(16,17)18)6-21-10-7-22-13(23-12(10)11)8-4-2-1-3-5-8;1-16(2,3)7-6-15-8-12-9(13)4-5-11-10(12)14;1-5-8-6-7-9(2,3)4/h4-10,17-18,20-22H,11-15H2,1-3H3;1-5,9-13H,6-7H2;4-5H,6-8H2,1-3H3,(H,11,14);5-7H2,1-4H3/t17-,18-,20+,21-,22?;9-,10+,11-,12+,13?;;/m10../s1. The summed E-state index contributed by atoms with van der Waals surface area (Å²) >= 11 is 0. The molecular formula is C54H81F5N4O16SSi3. The summed E-state index contributed by atoms with van der Waals surface area (Å²) in [4.78, 5) is 50.3. The number of alkyl halides is 5. The highest BCUT2D eigenvalue weighted by molar-refractivity contribution is 7.87. The Kier molecular flexibility index (Phi) is 26.2. The number of rotatable bonds is 19. The fourth-order valence-corrected chi connectivity index (χ4v) is 11.0. The molecule has 0 bridgehead atoms. The zero-order valence-electron chi connectivity index (χ0n) is 48.7. The van der Waals surface area contributed by atoms with Crippen LogP contribution in [0.25, 0.3) is 0 Å². The van der Waals surface area contributed by atoms with Gasteiger partial charge in [0.25, 0.3) is 11.1 Å². The third-order valence-electron chi connectivity index (χ3n) is 13.1. The molecule has 2 aromatic heterocycles. The molecule has 0 saturated carbocycles. The number of fused-ring (bicyclic) bond motifs is 2. The van der Waals surface area contributed by atoms with Crippen molar-refractivity contribution in [2.75, 3.05) is 52.9 Å². The smallest absolute Gasteiger partial charge is 0.382 e. The van der Waals surface area contributed by atoms with Gasteiger partial charge in [-0.2, -0.15) is 21.6 Å². The summed E-state index contributed by atoms with van der Waals surface area (Å²) in [7, 11) is -9.18. The summed E-state index contributed by atoms with van der Waals surface area (Å²) < 4.78 is 146. The van der Waals surface area contributed by atoms with Gasteiger partial charge in [-0.05, 0) is 25.1 Å². The molecule has 4 aliphatic rings. The van der Waals surface area contributed by atoms with Gasteiger partial charge in [0.1, 0.15) is 44.0 Å². The van der Waals surface area contributed by atoms with Crippen LogP contribution < -0.4 is 22.5 Å². The highest BCUT2D eigenvalue weighted by Crippen LogP contribution is 2.38. The van der Waals surface area contributed by atoms with Gasteiger partial charge >= 0.3 is 27.0 Å². The maximum absolute atomic E-state index is 15.7. The molecular weight excluding hydrogens is 1170 g/mol. The minimum atomic E-state index is -5.94. The van der Waals surface area contributed by atoms with E-state index in [1.165, 1.54) is 35.1 Å². The molecule has 2 unspecified atom stereocenters. The number of benzene rings is 2. The molecule has 4 aromatic rings. The number of aromatic nitrogens is 4. The van der Waals surface area contributed by atoms with Crippen LogP contribution in [-0.2, 0) is 70.4 Å². The third-order valence-corrected chi connectivity index (χ3v) is 19.3. The van der Waals surface area contributed by atoms with Gasteiger partial charge in [-0.15, -0.1) is 0 Å². The first-order valence-electron chi connectivity index (χ1n) is 27.4. The molecule has 0 spiro atoms. The molecule has 20 nitrogen and oxygen atoms in total. The minimum Gasteiger partial charge on any atom is -0.382 e. The van der Waals surface area contributed by atoms with E-state index in [9.17, 15) is 45.2 Å². The Morgan fingerprint density at radius 2 is 1.06 bits per heavy atom. The fraction of sp³-hybridized carbons (Fsp3) is 0.630. The summed E-state index contributed by atoms with van der Waals surface area (Å²) in [6.07, 6.45) is -8.26. The third kappa shape index (κ3) is 21.8. The van der Waals surface area contributed by atoms with Crippen LogP contribution in [-0.4, -0.2) is 153 Å². The fourth-order valence-electron chi connectivity index (χ4n) is 8.16. The normalized spacial score (nSPS) is 24.8. The van der Waals surface area contributed by atoms with E-state index in [1.54, 1.807) is 30.3 Å². The second-order valence-electron chi connectivity index (χ2n) is 23.6. The van der Waals surface area contributed by atoms with Gasteiger partial charge in [-0.3, -0.25) is 18.3 Å². The van der Waals surface area contributed by atoms with Gasteiger partial charge in [-0.1, -0.05) is 120 Å². The first-order chi connectivity index (χ1) is 38.9. The predicted molar refractivity (Wildman–Crippen MR) is 307 cm³/mol. The van der Waals surface area contributed by atoms with Crippen molar-refractivity contribution in [2.45, 2.75) is 164 Å². The lowest BCUT2D eigenvalue weighted by molar-refractivity contribution is -0.303. The van der Waals surface area contributed by atoms with Gasteiger partial charge in [0.2, 0.25) is 0 Å². The molecule has 29 heteroatoms. The lowest BCUT2D eigenvalue weighted by Gasteiger charge is -2.44. The number of halogens is 5. The number of nitrogens with zero attached hydrogens (tertiary/aromatic N) is 3. The van der Waals surface area contributed by atoms with Crippen LogP contribution in [0.5, 0.6) is 0 Å². The topological polar surface area (TPSA) is 225 Å². The van der Waals surface area contributed by atoms with Crippen molar-refractivity contribution in [3.63, 3.8) is 0 Å². The zero-order chi connectivity index (χ0) is 61.3. The van der Waals surface area contributed by atoms with Crippen molar-refractivity contribution in [2.24, 2.45) is 0 Å². The summed E-state index contributed by atoms with van der Waals surface area (Å²) in [6.45, 7) is 24.7. The Morgan fingerprint density at radius 1 is 0.602 bits per heavy atom. The zero-order valence-corrected chi connectivity index (χ0v) is 52.5. The van der Waals surface area contributed by atoms with Crippen molar-refractivity contribution in [1.82, 2.24) is 18.7 Å². The lowest BCUT2D eigenvalue weighted by Crippen LogP contribution is -2.57. The van der Waals surface area contributed by atoms with Gasteiger partial charge in [0, 0.05) is 86.3 Å². The first kappa shape index (κ1) is 69.4. The molecule has 10 atom stereocenters. The number of hydrogen-bond donors (Lipinski definition) is 1. The maximum atomic E-state index is 15.7. The SMILES string of the molecule is CCOCC[Si](C)(C)C.C[Si](C)(C)CCOCn1c(=O)cc[nH]c1=O.C[Si](C)(C)CCOCn1c(=O)ccn([C@@H]2CO[C@@H]3COC(c4ccccc4)O[C@H]3[C@H]2F)c1=O.O=S(=O)(O[C@H]1CO[C@@H]2COC(c3ccccc3)O[C@H]2[C@H]1F)C(F)(F)F. The maximum Gasteiger partial charge on any atom is 0.523 e. The number of hydrogen-bond acceptors (Lipinski definition) is 16. The molecule has 4 aliphatic heterocycles. The molecule has 1 N–H and O–H groups in total. The number of H-pyrrole nitrogens is 1. The summed E-state index contributed by atoms with van der Waals surface area (Å²) in [5, 5.41) is 0. The van der Waals surface area contributed by atoms with Crippen LogP contribution in [0.4, 0.5) is 22.0 Å². The van der Waals surface area contributed by atoms with Crippen LogP contribution in [0.15, 0.2) is 104 Å². The van der Waals surface area contributed by atoms with E-state index >= 15 is 4.39 Å². The van der Waals surface area contributed by atoms with Gasteiger partial charge in [0.05, 0.1) is 32.5 Å². The molecule has 0 radical (unpaired) electrons. The molecule has 466 valence electrons. The molecule has 83 heavy (non-hydrogen) atoms. The Hall–Kier alpha value is -4.35. The van der Waals surface area contributed by atoms with Crippen LogP contribution in [0.1, 0.15) is 36.7 Å². The Balaban J connectivity index is 0.000000222. The average Bonchev–Trinajstić information content (AvgIpc) is 3.57. The van der Waals surface area contributed by atoms with Gasteiger partial charge in [0.15, 0.2) is 24.9 Å². The molecule has 4 saturated heterocycles. The summed E-state index contributed by atoms with van der Waals surface area (Å²) in [5.41, 5.74) is -6.16. The minimum absolute atomic E-state index is 0.0273. The van der Waals surface area contributed by atoms with E-state index in [-0.39, 0.29) is 38.8 Å². The van der Waals surface area contributed by atoms with E-state index < -0.39 is 125 Å². The second kappa shape index (κ2) is 31.3. The summed E-state index contributed by atoms with van der Waals surface area (Å²) in [6, 6.07) is 22.7. The van der Waals surface area contributed by atoms with Crippen molar-refractivity contribution in [3.05, 3.63) is 138 Å². The average molecular weight is 1250 g/mol. The number of ether oxygens (including phenoxy) is 9. The van der Waals surface area contributed by atoms with Crippen LogP contribution in [0.3, 0.4) is 0 Å². The Bertz CT molecular complexity index is 2930. The van der Waals surface area contributed by atoms with E-state index in [1.807, 2.05) is 37.3 Å². The molecule has 2 aromatic carbocycles. The lowest BCUT2D eigenvalue weighted by atomic mass is 9.98. The van der Waals surface area contributed by atoms with Gasteiger partial charge in [-0.25, -0.2) is 27.5 Å². The quantitative estimate of drug-likeness (QED) is 0.0309. The van der Waals surface area contributed by atoms with Crippen molar-refractivity contribution in [3.8, 4) is 0 Å². The van der Waals surface area contributed by atoms with E-state index in [2.05, 4.69) is 68.1 Å². The number of nitrogens with one attached hydrogen (secondary N) is 1. The number of aromatic amines is 1. The largest absolute Gasteiger partial charge is 0.523 e. The van der Waals surface area contributed by atoms with Crippen molar-refractivity contribution in [1.29, 1.82) is 0 Å². The van der Waals surface area contributed by atoms with E-state index in [0.29, 0.717) is 18.8 Å². The molecule has 6 heterocycles.